The van der Waals surface area contributed by atoms with Gasteiger partial charge in [0.1, 0.15) is 5.54 Å². The van der Waals surface area contributed by atoms with Crippen molar-refractivity contribution in [1.29, 1.82) is 0 Å². The van der Waals surface area contributed by atoms with Gasteiger partial charge in [-0.05, 0) is 67.5 Å². The summed E-state index contributed by atoms with van der Waals surface area (Å²) in [6.45, 7) is 2.45. The second kappa shape index (κ2) is 7.97. The molecular formula is C25H26N2O5. The summed E-state index contributed by atoms with van der Waals surface area (Å²) in [5.41, 5.74) is 2.32. The van der Waals surface area contributed by atoms with Crippen LogP contribution in [0.4, 0.5) is 4.79 Å². The maximum Gasteiger partial charge on any atom is 0.325 e. The number of carbonyl (C=O) groups is 3. The number of rotatable bonds is 4. The molecule has 3 amide bonds. The highest BCUT2D eigenvalue weighted by Gasteiger charge is 2.49. The fourth-order valence-corrected chi connectivity index (χ4v) is 4.65. The number of nitrogens with one attached hydrogen (secondary N) is 1. The minimum Gasteiger partial charge on any atom is -0.490 e. The average Bonchev–Trinajstić information content (AvgIpc) is 2.96. The van der Waals surface area contributed by atoms with Crippen molar-refractivity contribution in [3.05, 3.63) is 58.7 Å². The first-order valence-corrected chi connectivity index (χ1v) is 11.1. The topological polar surface area (TPSA) is 84.9 Å². The van der Waals surface area contributed by atoms with Gasteiger partial charge in [0.15, 0.2) is 17.3 Å². The lowest BCUT2D eigenvalue weighted by Gasteiger charge is -2.23. The first kappa shape index (κ1) is 20.5. The van der Waals surface area contributed by atoms with Crippen LogP contribution >= 0.6 is 0 Å². The first-order chi connectivity index (χ1) is 15.5. The van der Waals surface area contributed by atoms with E-state index in [2.05, 4.69) is 5.32 Å². The monoisotopic (exact) mass is 434 g/mol. The number of carbonyl (C=O) groups excluding carboxylic acids is 3. The maximum atomic E-state index is 13.3. The average molecular weight is 434 g/mol. The van der Waals surface area contributed by atoms with Gasteiger partial charge in [-0.25, -0.2) is 4.79 Å². The summed E-state index contributed by atoms with van der Waals surface area (Å²) < 4.78 is 11.4. The van der Waals surface area contributed by atoms with Crippen molar-refractivity contribution in [1.82, 2.24) is 10.2 Å². The lowest BCUT2D eigenvalue weighted by atomic mass is 9.89. The fourth-order valence-electron chi connectivity index (χ4n) is 4.65. The highest BCUT2D eigenvalue weighted by atomic mass is 16.5. The summed E-state index contributed by atoms with van der Waals surface area (Å²) >= 11 is 0. The maximum absolute atomic E-state index is 13.3. The zero-order valence-corrected chi connectivity index (χ0v) is 18.1. The smallest absolute Gasteiger partial charge is 0.325 e. The lowest BCUT2D eigenvalue weighted by Crippen LogP contribution is -2.41. The Morgan fingerprint density at radius 1 is 0.969 bits per heavy atom. The highest BCUT2D eigenvalue weighted by molar-refractivity contribution is 6.11. The van der Waals surface area contributed by atoms with Gasteiger partial charge in [-0.1, -0.05) is 18.2 Å². The molecule has 0 bridgehead atoms. The van der Waals surface area contributed by atoms with E-state index < -0.39 is 17.5 Å². The van der Waals surface area contributed by atoms with E-state index in [1.807, 2.05) is 12.1 Å². The number of nitrogens with zero attached hydrogens (tertiary/aromatic N) is 1. The van der Waals surface area contributed by atoms with Gasteiger partial charge in [-0.15, -0.1) is 0 Å². The molecule has 1 aliphatic carbocycles. The van der Waals surface area contributed by atoms with Crippen LogP contribution in [-0.2, 0) is 23.2 Å². The molecule has 0 aromatic heterocycles. The van der Waals surface area contributed by atoms with Crippen molar-refractivity contribution in [2.24, 2.45) is 0 Å². The Bertz CT molecular complexity index is 1110. The third kappa shape index (κ3) is 3.51. The molecule has 32 heavy (non-hydrogen) atoms. The number of ether oxygens (including phenoxy) is 2. The highest BCUT2D eigenvalue weighted by Crippen LogP contribution is 2.36. The van der Waals surface area contributed by atoms with E-state index >= 15 is 0 Å². The van der Waals surface area contributed by atoms with Gasteiger partial charge in [-0.3, -0.25) is 14.5 Å². The summed E-state index contributed by atoms with van der Waals surface area (Å²) in [6.07, 6.45) is 5.05. The molecule has 5 rings (SSSR count). The Morgan fingerprint density at radius 2 is 1.72 bits per heavy atom. The van der Waals surface area contributed by atoms with Crippen LogP contribution in [0.5, 0.6) is 11.5 Å². The predicted octanol–water partition coefficient (Wildman–Crippen LogP) is 3.38. The van der Waals surface area contributed by atoms with Gasteiger partial charge >= 0.3 is 6.03 Å². The Morgan fingerprint density at radius 3 is 2.53 bits per heavy atom. The van der Waals surface area contributed by atoms with E-state index in [4.69, 9.17) is 9.47 Å². The molecule has 7 heteroatoms. The van der Waals surface area contributed by atoms with Gasteiger partial charge < -0.3 is 14.8 Å². The van der Waals surface area contributed by atoms with E-state index in [1.54, 1.807) is 31.2 Å². The normalized spacial score (nSPS) is 22.2. The van der Waals surface area contributed by atoms with Gasteiger partial charge in [-0.2, -0.15) is 0 Å². The quantitative estimate of drug-likeness (QED) is 0.589. The molecule has 2 aromatic rings. The molecule has 1 N–H and O–H groups in total. The molecule has 0 spiro atoms. The first-order valence-electron chi connectivity index (χ1n) is 11.1. The van der Waals surface area contributed by atoms with E-state index in [0.717, 1.165) is 30.6 Å². The van der Waals surface area contributed by atoms with Crippen LogP contribution in [0.3, 0.4) is 0 Å². The number of aryl methyl sites for hydroxylation is 2. The Kier molecular flexibility index (Phi) is 5.12. The molecule has 1 saturated heterocycles. The number of benzene rings is 2. The molecule has 0 saturated carbocycles. The van der Waals surface area contributed by atoms with Crippen molar-refractivity contribution in [2.75, 3.05) is 19.8 Å². The number of amides is 3. The fraction of sp³-hybridized carbons (Fsp3) is 0.400. The van der Waals surface area contributed by atoms with Crippen LogP contribution in [0.15, 0.2) is 36.4 Å². The number of Topliss-reactive ketones (excluding diaryl/α,β-unsaturated/α-hetero) is 1. The number of urea groups is 1. The minimum absolute atomic E-state index is 0.246. The van der Waals surface area contributed by atoms with E-state index in [0.29, 0.717) is 35.8 Å². The Labute approximate surface area is 186 Å². The van der Waals surface area contributed by atoms with Crippen molar-refractivity contribution < 1.29 is 23.9 Å². The van der Waals surface area contributed by atoms with Gasteiger partial charge in [0.2, 0.25) is 0 Å². The van der Waals surface area contributed by atoms with Gasteiger partial charge in [0.25, 0.3) is 5.91 Å². The van der Waals surface area contributed by atoms with Crippen molar-refractivity contribution >= 4 is 17.7 Å². The summed E-state index contributed by atoms with van der Waals surface area (Å²) in [7, 11) is 0. The van der Waals surface area contributed by atoms with Crippen molar-refractivity contribution in [3.8, 4) is 11.5 Å². The standard InChI is InChI=1S/C25H26N2O5/c1-25(19-9-10-21-22(14-19)32-12-4-11-31-21)23(29)27(24(30)26-25)15-20(28)18-8-7-16-5-2-3-6-17(16)13-18/h7-10,13-14H,2-6,11-12,15H2,1H3,(H,26,30)/t25-/m1/s1. The van der Waals surface area contributed by atoms with E-state index in [-0.39, 0.29) is 12.3 Å². The molecule has 2 aromatic carbocycles. The Hall–Kier alpha value is -3.35. The van der Waals surface area contributed by atoms with Crippen LogP contribution in [0.25, 0.3) is 0 Å². The van der Waals surface area contributed by atoms with Crippen molar-refractivity contribution in [2.45, 2.75) is 44.6 Å². The predicted molar refractivity (Wildman–Crippen MR) is 117 cm³/mol. The molecule has 166 valence electrons. The summed E-state index contributed by atoms with van der Waals surface area (Å²) in [5.74, 6) is 0.464. The molecule has 7 nitrogen and oxygen atoms in total. The van der Waals surface area contributed by atoms with Crippen LogP contribution in [0, 0.1) is 0 Å². The van der Waals surface area contributed by atoms with E-state index in [9.17, 15) is 14.4 Å². The SMILES string of the molecule is C[C@]1(c2ccc3c(c2)OCCCO3)NC(=O)N(CC(=O)c2ccc3c(c2)CCCC3)C1=O. The van der Waals surface area contributed by atoms with Crippen LogP contribution in [-0.4, -0.2) is 42.4 Å². The second-order valence-electron chi connectivity index (χ2n) is 8.77. The Balaban J connectivity index is 1.37. The summed E-state index contributed by atoms with van der Waals surface area (Å²) in [5, 5.41) is 2.76. The zero-order valence-electron chi connectivity index (χ0n) is 18.1. The van der Waals surface area contributed by atoms with Gasteiger partial charge in [0, 0.05) is 12.0 Å². The summed E-state index contributed by atoms with van der Waals surface area (Å²) in [6, 6.07) is 10.4. The minimum atomic E-state index is -1.28. The number of imide groups is 1. The largest absolute Gasteiger partial charge is 0.490 e. The van der Waals surface area contributed by atoms with Crippen LogP contribution < -0.4 is 14.8 Å². The molecule has 3 aliphatic rings. The number of ketones is 1. The molecule has 2 heterocycles. The molecule has 0 radical (unpaired) electrons. The number of fused-ring (bicyclic) bond motifs is 2. The lowest BCUT2D eigenvalue weighted by molar-refractivity contribution is -0.130. The van der Waals surface area contributed by atoms with E-state index in [1.165, 1.54) is 17.5 Å². The summed E-state index contributed by atoms with van der Waals surface area (Å²) in [4.78, 5) is 39.9. The molecular weight excluding hydrogens is 408 g/mol. The van der Waals surface area contributed by atoms with Crippen molar-refractivity contribution in [3.63, 3.8) is 0 Å². The molecule has 1 fully saturated rings. The van der Waals surface area contributed by atoms with Crippen LogP contribution in [0.2, 0.25) is 0 Å². The second-order valence-corrected chi connectivity index (χ2v) is 8.77. The zero-order chi connectivity index (χ0) is 22.3. The van der Waals surface area contributed by atoms with Gasteiger partial charge in [0.05, 0.1) is 19.8 Å². The third-order valence-electron chi connectivity index (χ3n) is 6.57. The number of hydrogen-bond acceptors (Lipinski definition) is 5. The molecule has 0 unspecified atom stereocenters. The number of hydrogen-bond donors (Lipinski definition) is 1. The molecule has 2 aliphatic heterocycles. The molecule has 1 atom stereocenters. The third-order valence-corrected chi connectivity index (χ3v) is 6.57. The van der Waals surface area contributed by atoms with Crippen LogP contribution in [0.1, 0.15) is 53.2 Å².